The Labute approximate surface area is 143 Å². The zero-order valence-electron chi connectivity index (χ0n) is 14.4. The quantitative estimate of drug-likeness (QED) is 0.940. The Morgan fingerprint density at radius 2 is 2.17 bits per heavy atom. The monoisotopic (exact) mass is 326 g/mol. The number of fused-ring (bicyclic) bond motifs is 2. The Balaban J connectivity index is 1.51. The molecule has 2 aromatic rings. The Bertz CT molecular complexity index is 709. The van der Waals surface area contributed by atoms with Gasteiger partial charge in [-0.15, -0.1) is 10.2 Å². The van der Waals surface area contributed by atoms with Gasteiger partial charge in [0.2, 0.25) is 0 Å². The van der Waals surface area contributed by atoms with Crippen LogP contribution in [0.1, 0.15) is 60.9 Å². The van der Waals surface area contributed by atoms with Crippen LogP contribution in [0.4, 0.5) is 0 Å². The summed E-state index contributed by atoms with van der Waals surface area (Å²) >= 11 is 0. The highest BCUT2D eigenvalue weighted by Crippen LogP contribution is 2.32. The fourth-order valence-corrected chi connectivity index (χ4v) is 3.78. The second kappa shape index (κ2) is 6.93. The lowest BCUT2D eigenvalue weighted by Gasteiger charge is -2.19. The minimum absolute atomic E-state index is 0.321. The van der Waals surface area contributed by atoms with Crippen molar-refractivity contribution in [3.05, 3.63) is 41.0 Å². The van der Waals surface area contributed by atoms with E-state index in [1.165, 1.54) is 30.4 Å². The molecule has 0 spiro atoms. The fourth-order valence-electron chi connectivity index (χ4n) is 3.78. The minimum atomic E-state index is 0.321. The zero-order chi connectivity index (χ0) is 16.4. The summed E-state index contributed by atoms with van der Waals surface area (Å²) in [5.74, 6) is 3.26. The van der Waals surface area contributed by atoms with Crippen LogP contribution in [0.3, 0.4) is 0 Å². The van der Waals surface area contributed by atoms with Gasteiger partial charge in [-0.05, 0) is 44.2 Å². The Kier molecular flexibility index (Phi) is 4.52. The van der Waals surface area contributed by atoms with Crippen molar-refractivity contribution in [1.29, 1.82) is 0 Å². The number of ether oxygens (including phenoxy) is 1. The molecule has 3 heterocycles. The summed E-state index contributed by atoms with van der Waals surface area (Å²) in [5.41, 5.74) is 2.52. The first kappa shape index (κ1) is 15.6. The molecule has 0 radical (unpaired) electrons. The lowest BCUT2D eigenvalue weighted by atomic mass is 10.0. The number of nitrogens with zero attached hydrogens (tertiary/aromatic N) is 3. The molecular formula is C19H26N4O. The first-order valence-electron chi connectivity index (χ1n) is 9.19. The van der Waals surface area contributed by atoms with E-state index in [1.807, 2.05) is 0 Å². The van der Waals surface area contributed by atoms with Gasteiger partial charge in [-0.3, -0.25) is 0 Å². The van der Waals surface area contributed by atoms with Crippen molar-refractivity contribution in [2.24, 2.45) is 0 Å². The maximum Gasteiger partial charge on any atom is 0.147 e. The molecule has 0 unspecified atom stereocenters. The smallest absolute Gasteiger partial charge is 0.147 e. The van der Waals surface area contributed by atoms with Gasteiger partial charge in [-0.2, -0.15) is 0 Å². The lowest BCUT2D eigenvalue weighted by Crippen LogP contribution is -2.23. The molecule has 2 aliphatic heterocycles. The molecule has 1 aromatic heterocycles. The molecular weight excluding hydrogens is 300 g/mol. The molecule has 0 aliphatic carbocycles. The maximum absolute atomic E-state index is 5.93. The largest absolute Gasteiger partial charge is 0.493 e. The van der Waals surface area contributed by atoms with Crippen molar-refractivity contribution in [3.8, 4) is 5.75 Å². The van der Waals surface area contributed by atoms with Gasteiger partial charge in [0, 0.05) is 24.6 Å². The van der Waals surface area contributed by atoms with Gasteiger partial charge in [0.05, 0.1) is 13.2 Å². The molecule has 0 fully saturated rings. The van der Waals surface area contributed by atoms with E-state index in [2.05, 4.69) is 45.2 Å². The molecule has 0 bridgehead atoms. The van der Waals surface area contributed by atoms with E-state index in [4.69, 9.17) is 4.74 Å². The van der Waals surface area contributed by atoms with Crippen molar-refractivity contribution < 1.29 is 4.74 Å². The normalized spacial score (nSPS) is 20.5. The van der Waals surface area contributed by atoms with E-state index in [0.717, 1.165) is 56.4 Å². The molecule has 5 heteroatoms. The number of hydrogen-bond acceptors (Lipinski definition) is 4. The van der Waals surface area contributed by atoms with Crippen LogP contribution in [-0.4, -0.2) is 21.4 Å². The van der Waals surface area contributed by atoms with Crippen LogP contribution in [0.5, 0.6) is 5.75 Å². The van der Waals surface area contributed by atoms with Crippen molar-refractivity contribution in [3.63, 3.8) is 0 Å². The van der Waals surface area contributed by atoms with Crippen LogP contribution >= 0.6 is 0 Å². The van der Waals surface area contributed by atoms with Crippen LogP contribution in [0.25, 0.3) is 0 Å². The molecule has 5 nitrogen and oxygen atoms in total. The Morgan fingerprint density at radius 3 is 3.12 bits per heavy atom. The summed E-state index contributed by atoms with van der Waals surface area (Å²) in [6.45, 7) is 4.74. The Hall–Kier alpha value is -1.88. The maximum atomic E-state index is 5.93. The van der Waals surface area contributed by atoms with Crippen LogP contribution in [-0.2, 0) is 19.5 Å². The summed E-state index contributed by atoms with van der Waals surface area (Å²) < 4.78 is 8.25. The highest BCUT2D eigenvalue weighted by Gasteiger charge is 2.21. The van der Waals surface area contributed by atoms with E-state index >= 15 is 0 Å². The summed E-state index contributed by atoms with van der Waals surface area (Å²) in [6, 6.07) is 6.85. The van der Waals surface area contributed by atoms with Crippen molar-refractivity contribution in [2.75, 3.05) is 6.61 Å². The predicted octanol–water partition coefficient (Wildman–Crippen LogP) is 3.32. The standard InChI is InChI=1S/C19H26N4O/c1-14-8-9-15-16(6-5-11-24-17(15)12-14)20-13-19-22-21-18-7-3-2-4-10-23(18)19/h8-9,12,16,20H,2-7,10-11,13H2,1H3/t16-/m1/s1. The van der Waals surface area contributed by atoms with E-state index in [1.54, 1.807) is 0 Å². The third-order valence-electron chi connectivity index (χ3n) is 5.13. The molecule has 0 amide bonds. The van der Waals surface area contributed by atoms with Gasteiger partial charge >= 0.3 is 0 Å². The van der Waals surface area contributed by atoms with E-state index in [9.17, 15) is 0 Å². The summed E-state index contributed by atoms with van der Waals surface area (Å²) in [6.07, 6.45) is 6.99. The first-order chi connectivity index (χ1) is 11.8. The van der Waals surface area contributed by atoms with Gasteiger partial charge < -0.3 is 14.6 Å². The summed E-state index contributed by atoms with van der Waals surface area (Å²) in [7, 11) is 0. The second-order valence-electron chi connectivity index (χ2n) is 6.96. The number of aryl methyl sites for hydroxylation is 2. The molecule has 0 saturated heterocycles. The van der Waals surface area contributed by atoms with E-state index in [0.29, 0.717) is 6.04 Å². The average molecular weight is 326 g/mol. The highest BCUT2D eigenvalue weighted by atomic mass is 16.5. The second-order valence-corrected chi connectivity index (χ2v) is 6.96. The number of nitrogens with one attached hydrogen (secondary N) is 1. The van der Waals surface area contributed by atoms with Crippen LogP contribution < -0.4 is 10.1 Å². The van der Waals surface area contributed by atoms with Crippen molar-refractivity contribution in [2.45, 2.75) is 64.6 Å². The SMILES string of the molecule is Cc1ccc2c(c1)OCCC[C@H]2NCc1nnc2n1CCCCC2. The molecule has 4 rings (SSSR count). The molecule has 24 heavy (non-hydrogen) atoms. The van der Waals surface area contributed by atoms with Crippen LogP contribution in [0.2, 0.25) is 0 Å². The molecule has 2 aliphatic rings. The number of hydrogen-bond donors (Lipinski definition) is 1. The fraction of sp³-hybridized carbons (Fsp3) is 0.579. The summed E-state index contributed by atoms with van der Waals surface area (Å²) in [5, 5.41) is 12.5. The van der Waals surface area contributed by atoms with Crippen molar-refractivity contribution in [1.82, 2.24) is 20.1 Å². The van der Waals surface area contributed by atoms with Gasteiger partial charge in [0.15, 0.2) is 0 Å². The lowest BCUT2D eigenvalue weighted by molar-refractivity contribution is 0.315. The Morgan fingerprint density at radius 1 is 1.21 bits per heavy atom. The third kappa shape index (κ3) is 3.18. The van der Waals surface area contributed by atoms with E-state index in [-0.39, 0.29) is 0 Å². The minimum Gasteiger partial charge on any atom is -0.493 e. The molecule has 0 saturated carbocycles. The average Bonchev–Trinajstić information content (AvgIpc) is 2.76. The highest BCUT2D eigenvalue weighted by molar-refractivity contribution is 5.39. The molecule has 1 atom stereocenters. The predicted molar refractivity (Wildman–Crippen MR) is 93.1 cm³/mol. The van der Waals surface area contributed by atoms with E-state index < -0.39 is 0 Å². The summed E-state index contributed by atoms with van der Waals surface area (Å²) in [4.78, 5) is 0. The van der Waals surface area contributed by atoms with Gasteiger partial charge in [-0.25, -0.2) is 0 Å². The number of benzene rings is 1. The van der Waals surface area contributed by atoms with Crippen LogP contribution in [0.15, 0.2) is 18.2 Å². The first-order valence-corrected chi connectivity index (χ1v) is 9.19. The van der Waals surface area contributed by atoms with Gasteiger partial charge in [0.25, 0.3) is 0 Å². The van der Waals surface area contributed by atoms with Gasteiger partial charge in [0.1, 0.15) is 17.4 Å². The third-order valence-corrected chi connectivity index (χ3v) is 5.13. The molecule has 1 N–H and O–H groups in total. The molecule has 128 valence electrons. The zero-order valence-corrected chi connectivity index (χ0v) is 14.4. The van der Waals surface area contributed by atoms with Crippen LogP contribution in [0, 0.1) is 6.92 Å². The number of rotatable bonds is 3. The topological polar surface area (TPSA) is 52.0 Å². The van der Waals surface area contributed by atoms with Gasteiger partial charge in [-0.1, -0.05) is 18.6 Å². The van der Waals surface area contributed by atoms with Crippen molar-refractivity contribution >= 4 is 0 Å². The number of aromatic nitrogens is 3. The molecule has 1 aromatic carbocycles.